The predicted molar refractivity (Wildman–Crippen MR) is 63.8 cm³/mol. The van der Waals surface area contributed by atoms with Crippen molar-refractivity contribution in [2.45, 2.75) is 19.9 Å². The van der Waals surface area contributed by atoms with Gasteiger partial charge in [-0.2, -0.15) is 0 Å². The molecule has 1 amide bonds. The largest absolute Gasteiger partial charge is 0.333 e. The molecule has 0 bridgehead atoms. The molecule has 0 aliphatic carbocycles. The first-order valence-corrected chi connectivity index (χ1v) is 5.97. The molecule has 1 aliphatic rings. The third kappa shape index (κ3) is 2.63. The van der Waals surface area contributed by atoms with Crippen molar-refractivity contribution >= 4 is 5.91 Å². The van der Waals surface area contributed by atoms with Gasteiger partial charge in [0, 0.05) is 32.2 Å². The van der Waals surface area contributed by atoms with Crippen molar-refractivity contribution < 1.29 is 4.79 Å². The van der Waals surface area contributed by atoms with Gasteiger partial charge in [-0.25, -0.2) is 9.67 Å². The first kappa shape index (κ1) is 12.0. The van der Waals surface area contributed by atoms with E-state index in [-0.39, 0.29) is 11.9 Å². The molecule has 0 radical (unpaired) electrons. The number of hydrogen-bond donors (Lipinski definition) is 0. The van der Waals surface area contributed by atoms with Crippen molar-refractivity contribution in [2.75, 3.05) is 33.2 Å². The summed E-state index contributed by atoms with van der Waals surface area (Å²) in [4.78, 5) is 20.2. The highest BCUT2D eigenvalue weighted by Crippen LogP contribution is 2.06. The molecule has 1 aromatic heterocycles. The highest BCUT2D eigenvalue weighted by Gasteiger charge is 2.23. The lowest BCUT2D eigenvalue weighted by Gasteiger charge is -2.31. The molecule has 2 heterocycles. The van der Waals surface area contributed by atoms with Crippen LogP contribution < -0.4 is 0 Å². The summed E-state index contributed by atoms with van der Waals surface area (Å²) in [5, 5.41) is 4.20. The van der Waals surface area contributed by atoms with E-state index in [1.807, 2.05) is 18.7 Å². The highest BCUT2D eigenvalue weighted by atomic mass is 16.2. The maximum Gasteiger partial charge on any atom is 0.293 e. The number of aromatic nitrogens is 3. The molecule has 94 valence electrons. The van der Waals surface area contributed by atoms with Crippen LogP contribution in [0, 0.1) is 0 Å². The molecule has 0 unspecified atom stereocenters. The normalized spacial score (nSPS) is 17.8. The minimum absolute atomic E-state index is 0.0579. The third-order valence-corrected chi connectivity index (χ3v) is 3.02. The van der Waals surface area contributed by atoms with Crippen molar-refractivity contribution in [2.24, 2.45) is 0 Å². The van der Waals surface area contributed by atoms with Gasteiger partial charge in [-0.1, -0.05) is 0 Å². The van der Waals surface area contributed by atoms with Crippen LogP contribution in [0.5, 0.6) is 0 Å². The first-order valence-electron chi connectivity index (χ1n) is 5.97. The summed E-state index contributed by atoms with van der Waals surface area (Å²) in [6.07, 6.45) is 1.62. The van der Waals surface area contributed by atoms with Crippen molar-refractivity contribution in [1.82, 2.24) is 24.6 Å². The third-order valence-electron chi connectivity index (χ3n) is 3.02. The molecule has 6 nitrogen and oxygen atoms in total. The van der Waals surface area contributed by atoms with Crippen LogP contribution in [-0.4, -0.2) is 63.7 Å². The fourth-order valence-electron chi connectivity index (χ4n) is 1.77. The van der Waals surface area contributed by atoms with E-state index in [0.29, 0.717) is 5.82 Å². The summed E-state index contributed by atoms with van der Waals surface area (Å²) in [6.45, 7) is 7.36. The van der Waals surface area contributed by atoms with Crippen LogP contribution in [-0.2, 0) is 0 Å². The highest BCUT2D eigenvalue weighted by molar-refractivity contribution is 5.90. The molecule has 1 saturated heterocycles. The standard InChI is InChI=1S/C11H19N5O/c1-9(2)16-8-12-10(13-16)11(17)15-6-4-14(3)5-7-15/h8-9H,4-7H2,1-3H3. The summed E-state index contributed by atoms with van der Waals surface area (Å²) in [5.74, 6) is 0.251. The summed E-state index contributed by atoms with van der Waals surface area (Å²) < 4.78 is 1.71. The Bertz CT molecular complexity index is 392. The summed E-state index contributed by atoms with van der Waals surface area (Å²) in [7, 11) is 2.06. The average molecular weight is 237 g/mol. The van der Waals surface area contributed by atoms with Gasteiger partial charge < -0.3 is 9.80 Å². The zero-order chi connectivity index (χ0) is 12.4. The molecule has 1 aromatic rings. The van der Waals surface area contributed by atoms with Gasteiger partial charge in [0.15, 0.2) is 0 Å². The van der Waals surface area contributed by atoms with Gasteiger partial charge >= 0.3 is 0 Å². The average Bonchev–Trinajstić information content (AvgIpc) is 2.78. The molecule has 2 rings (SSSR count). The van der Waals surface area contributed by atoms with Crippen LogP contribution in [0.25, 0.3) is 0 Å². The second-order valence-corrected chi connectivity index (χ2v) is 4.74. The molecule has 17 heavy (non-hydrogen) atoms. The summed E-state index contributed by atoms with van der Waals surface area (Å²) >= 11 is 0. The van der Waals surface area contributed by atoms with Crippen LogP contribution in [0.4, 0.5) is 0 Å². The van der Waals surface area contributed by atoms with Crippen molar-refractivity contribution in [3.8, 4) is 0 Å². The van der Waals surface area contributed by atoms with Gasteiger partial charge in [0.05, 0.1) is 0 Å². The van der Waals surface area contributed by atoms with E-state index in [1.54, 1.807) is 11.0 Å². The monoisotopic (exact) mass is 237 g/mol. The Morgan fingerprint density at radius 1 is 1.29 bits per heavy atom. The van der Waals surface area contributed by atoms with Crippen LogP contribution in [0.3, 0.4) is 0 Å². The molecule has 0 atom stereocenters. The van der Waals surface area contributed by atoms with Crippen LogP contribution >= 0.6 is 0 Å². The lowest BCUT2D eigenvalue weighted by Crippen LogP contribution is -2.47. The van der Waals surface area contributed by atoms with Gasteiger partial charge in [-0.15, -0.1) is 5.10 Å². The Labute approximate surface area is 101 Å². The van der Waals surface area contributed by atoms with Crippen LogP contribution in [0.2, 0.25) is 0 Å². The number of likely N-dealkylation sites (N-methyl/N-ethyl adjacent to an activating group) is 1. The SMILES string of the molecule is CC(C)n1cnc(C(=O)N2CCN(C)CC2)n1. The topological polar surface area (TPSA) is 54.3 Å². The molecular weight excluding hydrogens is 218 g/mol. The quantitative estimate of drug-likeness (QED) is 0.739. The molecule has 0 saturated carbocycles. The molecule has 1 aliphatic heterocycles. The number of carbonyl (C=O) groups excluding carboxylic acids is 1. The minimum Gasteiger partial charge on any atom is -0.333 e. The Kier molecular flexibility index (Phi) is 3.42. The van der Waals surface area contributed by atoms with Gasteiger partial charge in [-0.05, 0) is 20.9 Å². The summed E-state index contributed by atoms with van der Waals surface area (Å²) in [6, 6.07) is 0.233. The molecule has 0 spiro atoms. The van der Waals surface area contributed by atoms with Gasteiger partial charge in [-0.3, -0.25) is 4.79 Å². The number of carbonyl (C=O) groups is 1. The van der Waals surface area contributed by atoms with E-state index in [1.165, 1.54) is 0 Å². The fraction of sp³-hybridized carbons (Fsp3) is 0.727. The molecule has 0 aromatic carbocycles. The summed E-state index contributed by atoms with van der Waals surface area (Å²) in [5.41, 5.74) is 0. The predicted octanol–water partition coefficient (Wildman–Crippen LogP) is 0.247. The number of nitrogens with zero attached hydrogens (tertiary/aromatic N) is 5. The smallest absolute Gasteiger partial charge is 0.293 e. The fourth-order valence-corrected chi connectivity index (χ4v) is 1.77. The van der Waals surface area contributed by atoms with Crippen molar-refractivity contribution in [3.63, 3.8) is 0 Å². The van der Waals surface area contributed by atoms with E-state index in [4.69, 9.17) is 0 Å². The van der Waals surface area contributed by atoms with E-state index < -0.39 is 0 Å². The Hall–Kier alpha value is -1.43. The molecule has 6 heteroatoms. The van der Waals surface area contributed by atoms with E-state index in [0.717, 1.165) is 26.2 Å². The molecule has 1 fully saturated rings. The zero-order valence-electron chi connectivity index (χ0n) is 10.6. The first-order chi connectivity index (χ1) is 8.08. The van der Waals surface area contributed by atoms with Crippen molar-refractivity contribution in [1.29, 1.82) is 0 Å². The Morgan fingerprint density at radius 3 is 2.47 bits per heavy atom. The zero-order valence-corrected chi connectivity index (χ0v) is 10.6. The lowest BCUT2D eigenvalue weighted by molar-refractivity contribution is 0.0651. The van der Waals surface area contributed by atoms with Crippen LogP contribution in [0.15, 0.2) is 6.33 Å². The number of amides is 1. The lowest BCUT2D eigenvalue weighted by atomic mass is 10.3. The number of hydrogen-bond acceptors (Lipinski definition) is 4. The second kappa shape index (κ2) is 4.83. The minimum atomic E-state index is -0.0579. The maximum atomic E-state index is 12.1. The van der Waals surface area contributed by atoms with Crippen molar-refractivity contribution in [3.05, 3.63) is 12.2 Å². The van der Waals surface area contributed by atoms with Gasteiger partial charge in [0.2, 0.25) is 5.82 Å². The Morgan fingerprint density at radius 2 is 1.94 bits per heavy atom. The number of piperazine rings is 1. The van der Waals surface area contributed by atoms with Gasteiger partial charge in [0.25, 0.3) is 5.91 Å². The second-order valence-electron chi connectivity index (χ2n) is 4.74. The van der Waals surface area contributed by atoms with E-state index >= 15 is 0 Å². The van der Waals surface area contributed by atoms with E-state index in [2.05, 4.69) is 22.0 Å². The van der Waals surface area contributed by atoms with Gasteiger partial charge in [0.1, 0.15) is 6.33 Å². The van der Waals surface area contributed by atoms with E-state index in [9.17, 15) is 4.79 Å². The number of rotatable bonds is 2. The Balaban J connectivity index is 2.03. The molecule has 0 N–H and O–H groups in total. The maximum absolute atomic E-state index is 12.1. The van der Waals surface area contributed by atoms with Crippen LogP contribution in [0.1, 0.15) is 30.5 Å². The molecular formula is C11H19N5O.